The molecule has 1 unspecified atom stereocenters. The van der Waals surface area contributed by atoms with E-state index in [-0.39, 0.29) is 6.42 Å². The number of carbonyl (C=O) groups excluding carboxylic acids is 1. The summed E-state index contributed by atoms with van der Waals surface area (Å²) >= 11 is 0. The minimum absolute atomic E-state index is 0.280. The van der Waals surface area contributed by atoms with E-state index in [0.717, 1.165) is 12.0 Å². The predicted molar refractivity (Wildman–Crippen MR) is 129 cm³/mol. The van der Waals surface area contributed by atoms with E-state index in [4.69, 9.17) is 18.9 Å². The van der Waals surface area contributed by atoms with E-state index in [1.54, 1.807) is 55.3 Å². The van der Waals surface area contributed by atoms with Gasteiger partial charge in [-0.3, -0.25) is 0 Å². The van der Waals surface area contributed by atoms with Gasteiger partial charge in [-0.05, 0) is 49.1 Å². The number of ether oxygens (including phenoxy) is 4. The number of hydrogen-bond donors (Lipinski definition) is 1. The summed E-state index contributed by atoms with van der Waals surface area (Å²) in [5.74, 6) is 1.12. The van der Waals surface area contributed by atoms with Crippen LogP contribution in [0.4, 0.5) is 4.79 Å². The minimum Gasteiger partial charge on any atom is -0.497 e. The summed E-state index contributed by atoms with van der Waals surface area (Å²) in [5.41, 5.74) is 0.841. The molecule has 34 heavy (non-hydrogen) atoms. The van der Waals surface area contributed by atoms with Crippen LogP contribution in [0.25, 0.3) is 0 Å². The number of nitrogens with zero attached hydrogens (tertiary/aromatic N) is 1. The Balaban J connectivity index is 1.92. The van der Waals surface area contributed by atoms with Crippen LogP contribution < -0.4 is 14.2 Å². The molecule has 8 heteroatoms. The SMILES string of the molecule is CCOC(Cc1ccc(OCCN(CCC(C)C)C(=O)Oc2cccc(OC)c2)cc1)C(=O)O. The third-order valence-corrected chi connectivity index (χ3v) is 5.10. The monoisotopic (exact) mass is 473 g/mol. The number of methoxy groups -OCH3 is 1. The zero-order valence-corrected chi connectivity index (χ0v) is 20.4. The lowest BCUT2D eigenvalue weighted by Crippen LogP contribution is -2.38. The third-order valence-electron chi connectivity index (χ3n) is 5.10. The maximum absolute atomic E-state index is 12.8. The second kappa shape index (κ2) is 14.1. The Kier molecular flexibility index (Phi) is 11.2. The van der Waals surface area contributed by atoms with Gasteiger partial charge in [-0.2, -0.15) is 0 Å². The Morgan fingerprint density at radius 2 is 1.71 bits per heavy atom. The molecule has 2 rings (SSSR count). The second-order valence-corrected chi connectivity index (χ2v) is 8.20. The number of aliphatic carboxylic acids is 1. The van der Waals surface area contributed by atoms with Crippen LogP contribution in [0.5, 0.6) is 17.2 Å². The fourth-order valence-electron chi connectivity index (χ4n) is 3.17. The van der Waals surface area contributed by atoms with Gasteiger partial charge in [0.25, 0.3) is 0 Å². The molecular formula is C26H35NO7. The van der Waals surface area contributed by atoms with E-state index < -0.39 is 18.2 Å². The van der Waals surface area contributed by atoms with Crippen LogP contribution in [0, 0.1) is 5.92 Å². The van der Waals surface area contributed by atoms with E-state index >= 15 is 0 Å². The molecule has 1 amide bonds. The van der Waals surface area contributed by atoms with E-state index in [0.29, 0.717) is 49.5 Å². The Hall–Kier alpha value is -3.26. The number of amides is 1. The van der Waals surface area contributed by atoms with Gasteiger partial charge in [-0.25, -0.2) is 9.59 Å². The molecule has 8 nitrogen and oxygen atoms in total. The fraction of sp³-hybridized carbons (Fsp3) is 0.462. The predicted octanol–water partition coefficient (Wildman–Crippen LogP) is 4.65. The zero-order chi connectivity index (χ0) is 24.9. The lowest BCUT2D eigenvalue weighted by atomic mass is 10.1. The van der Waals surface area contributed by atoms with Crippen molar-refractivity contribution in [2.45, 2.75) is 39.7 Å². The van der Waals surface area contributed by atoms with Crippen molar-refractivity contribution in [2.75, 3.05) is 33.4 Å². The fourth-order valence-corrected chi connectivity index (χ4v) is 3.17. The summed E-state index contributed by atoms with van der Waals surface area (Å²) in [7, 11) is 1.56. The molecule has 2 aromatic carbocycles. The first-order chi connectivity index (χ1) is 16.3. The molecule has 1 N–H and O–H groups in total. The summed E-state index contributed by atoms with van der Waals surface area (Å²) in [5, 5.41) is 9.23. The third kappa shape index (κ3) is 9.31. The molecule has 0 aliphatic rings. The quantitative estimate of drug-likeness (QED) is 0.427. The highest BCUT2D eigenvalue weighted by atomic mass is 16.6. The Bertz CT molecular complexity index is 898. The summed E-state index contributed by atoms with van der Waals surface area (Å²) in [6.45, 7) is 7.52. The van der Waals surface area contributed by atoms with Crippen molar-refractivity contribution in [1.29, 1.82) is 0 Å². The average Bonchev–Trinajstić information content (AvgIpc) is 2.81. The molecule has 0 aliphatic carbocycles. The van der Waals surface area contributed by atoms with E-state index in [1.165, 1.54) is 0 Å². The first-order valence-electron chi connectivity index (χ1n) is 11.5. The van der Waals surface area contributed by atoms with Crippen molar-refractivity contribution in [2.24, 2.45) is 5.92 Å². The van der Waals surface area contributed by atoms with Gasteiger partial charge in [0.1, 0.15) is 23.9 Å². The maximum Gasteiger partial charge on any atom is 0.415 e. The topological polar surface area (TPSA) is 94.5 Å². The summed E-state index contributed by atoms with van der Waals surface area (Å²) < 4.78 is 21.8. The number of hydrogen-bond acceptors (Lipinski definition) is 6. The maximum atomic E-state index is 12.8. The first-order valence-corrected chi connectivity index (χ1v) is 11.5. The van der Waals surface area contributed by atoms with Crippen LogP contribution >= 0.6 is 0 Å². The highest BCUT2D eigenvalue weighted by molar-refractivity contribution is 5.72. The highest BCUT2D eigenvalue weighted by Gasteiger charge is 2.19. The molecule has 0 saturated heterocycles. The first kappa shape index (κ1) is 27.0. The normalized spacial score (nSPS) is 11.7. The molecule has 0 aliphatic heterocycles. The van der Waals surface area contributed by atoms with E-state index in [9.17, 15) is 14.7 Å². The summed E-state index contributed by atoms with van der Waals surface area (Å²) in [4.78, 5) is 25.7. The standard InChI is InChI=1S/C26H35NO7/c1-5-32-24(25(28)29)17-20-9-11-21(12-10-20)33-16-15-27(14-13-19(2)3)26(30)34-23-8-6-7-22(18-23)31-4/h6-12,18-19,24H,5,13-17H2,1-4H3,(H,28,29). The molecule has 186 valence electrons. The van der Waals surface area contributed by atoms with E-state index in [2.05, 4.69) is 13.8 Å². The van der Waals surface area contributed by atoms with Gasteiger partial charge in [0, 0.05) is 25.6 Å². The van der Waals surface area contributed by atoms with Crippen molar-refractivity contribution >= 4 is 12.1 Å². The molecule has 0 bridgehead atoms. The number of carbonyl (C=O) groups is 2. The van der Waals surface area contributed by atoms with Crippen LogP contribution in [0.15, 0.2) is 48.5 Å². The zero-order valence-electron chi connectivity index (χ0n) is 20.4. The Labute approximate surface area is 201 Å². The van der Waals surface area contributed by atoms with Gasteiger partial charge in [0.2, 0.25) is 0 Å². The van der Waals surface area contributed by atoms with Gasteiger partial charge >= 0.3 is 12.1 Å². The van der Waals surface area contributed by atoms with Crippen molar-refractivity contribution in [3.8, 4) is 17.2 Å². The molecular weight excluding hydrogens is 438 g/mol. The van der Waals surface area contributed by atoms with Crippen molar-refractivity contribution < 1.29 is 33.6 Å². The molecule has 1 atom stereocenters. The smallest absolute Gasteiger partial charge is 0.415 e. The highest BCUT2D eigenvalue weighted by Crippen LogP contribution is 2.20. The van der Waals surface area contributed by atoms with Gasteiger partial charge in [-0.1, -0.05) is 32.0 Å². The summed E-state index contributed by atoms with van der Waals surface area (Å²) in [6.07, 6.45) is -0.194. The largest absolute Gasteiger partial charge is 0.497 e. The van der Waals surface area contributed by atoms with Gasteiger partial charge < -0.3 is 29.0 Å². The van der Waals surface area contributed by atoms with Crippen LogP contribution in [0.2, 0.25) is 0 Å². The number of carboxylic acids is 1. The van der Waals surface area contributed by atoms with Crippen LogP contribution in [0.1, 0.15) is 32.8 Å². The summed E-state index contributed by atoms with van der Waals surface area (Å²) in [6, 6.07) is 14.1. The van der Waals surface area contributed by atoms with Crippen molar-refractivity contribution in [1.82, 2.24) is 4.90 Å². The Morgan fingerprint density at radius 3 is 2.32 bits per heavy atom. The molecule has 0 aromatic heterocycles. The van der Waals surface area contributed by atoms with Gasteiger partial charge in [0.15, 0.2) is 6.10 Å². The molecule has 0 spiro atoms. The second-order valence-electron chi connectivity index (χ2n) is 8.20. The van der Waals surface area contributed by atoms with Gasteiger partial charge in [0.05, 0.1) is 13.7 Å². The van der Waals surface area contributed by atoms with Crippen molar-refractivity contribution in [3.05, 3.63) is 54.1 Å². The lowest BCUT2D eigenvalue weighted by molar-refractivity contribution is -0.149. The van der Waals surface area contributed by atoms with Crippen LogP contribution in [-0.2, 0) is 16.0 Å². The van der Waals surface area contributed by atoms with Crippen LogP contribution in [0.3, 0.4) is 0 Å². The molecule has 0 saturated carbocycles. The average molecular weight is 474 g/mol. The van der Waals surface area contributed by atoms with Crippen LogP contribution in [-0.4, -0.2) is 61.6 Å². The number of rotatable bonds is 14. The van der Waals surface area contributed by atoms with Gasteiger partial charge in [-0.15, -0.1) is 0 Å². The van der Waals surface area contributed by atoms with E-state index in [1.807, 2.05) is 12.1 Å². The molecule has 2 aromatic rings. The number of benzene rings is 2. The molecule has 0 heterocycles. The van der Waals surface area contributed by atoms with Crippen molar-refractivity contribution in [3.63, 3.8) is 0 Å². The minimum atomic E-state index is -0.982. The lowest BCUT2D eigenvalue weighted by Gasteiger charge is -2.23. The Morgan fingerprint density at radius 1 is 1.00 bits per heavy atom. The molecule has 0 radical (unpaired) electrons. The number of carboxylic acid groups (broad SMARTS) is 1. The molecule has 0 fully saturated rings.